The molecule has 2 aromatic rings. The maximum atomic E-state index is 12.6. The first-order valence-electron chi connectivity index (χ1n) is 6.47. The SMILES string of the molecule is O=C1CCc2cc(C(=O)c3cc(Br)ccc3Cl)ccc2N1. The summed E-state index contributed by atoms with van der Waals surface area (Å²) in [5.41, 5.74) is 2.80. The number of halogens is 2. The molecule has 1 amide bonds. The van der Waals surface area contributed by atoms with Crippen molar-refractivity contribution in [1.82, 2.24) is 0 Å². The molecule has 5 heteroatoms. The Hall–Kier alpha value is -1.65. The van der Waals surface area contributed by atoms with Crippen molar-refractivity contribution in [2.24, 2.45) is 0 Å². The van der Waals surface area contributed by atoms with E-state index < -0.39 is 0 Å². The van der Waals surface area contributed by atoms with Gasteiger partial charge < -0.3 is 5.32 Å². The summed E-state index contributed by atoms with van der Waals surface area (Å²) >= 11 is 9.45. The smallest absolute Gasteiger partial charge is 0.224 e. The van der Waals surface area contributed by atoms with E-state index in [-0.39, 0.29) is 11.7 Å². The van der Waals surface area contributed by atoms with Crippen LogP contribution in [0.3, 0.4) is 0 Å². The molecular weight excluding hydrogens is 354 g/mol. The van der Waals surface area contributed by atoms with Gasteiger partial charge in [-0.2, -0.15) is 0 Å². The standard InChI is InChI=1S/C16H11BrClNO2/c17-11-3-4-13(18)12(8-11)16(21)10-1-5-14-9(7-10)2-6-15(20)19-14/h1,3-5,7-8H,2,6H2,(H,19,20). The molecule has 3 nitrogen and oxygen atoms in total. The zero-order valence-corrected chi connectivity index (χ0v) is 13.3. The second-order valence-corrected chi connectivity index (χ2v) is 6.20. The van der Waals surface area contributed by atoms with Crippen LogP contribution in [0.15, 0.2) is 40.9 Å². The predicted octanol–water partition coefficient (Wildman–Crippen LogP) is 4.22. The zero-order valence-electron chi connectivity index (χ0n) is 11.0. The van der Waals surface area contributed by atoms with Crippen LogP contribution in [0.1, 0.15) is 27.9 Å². The Balaban J connectivity index is 1.99. The monoisotopic (exact) mass is 363 g/mol. The Morgan fingerprint density at radius 3 is 2.76 bits per heavy atom. The van der Waals surface area contributed by atoms with Gasteiger partial charge in [-0.1, -0.05) is 27.5 Å². The normalized spacial score (nSPS) is 13.5. The second-order valence-electron chi connectivity index (χ2n) is 4.87. The topological polar surface area (TPSA) is 46.2 Å². The Bertz CT molecular complexity index is 758. The van der Waals surface area contributed by atoms with Crippen molar-refractivity contribution in [3.63, 3.8) is 0 Å². The van der Waals surface area contributed by atoms with Crippen LogP contribution in [-0.2, 0) is 11.2 Å². The number of amides is 1. The zero-order chi connectivity index (χ0) is 15.0. The van der Waals surface area contributed by atoms with Gasteiger partial charge in [-0.05, 0) is 48.4 Å². The van der Waals surface area contributed by atoms with E-state index in [2.05, 4.69) is 21.2 Å². The number of rotatable bonds is 2. The summed E-state index contributed by atoms with van der Waals surface area (Å²) in [6.07, 6.45) is 1.09. The van der Waals surface area contributed by atoms with Gasteiger partial charge in [0.1, 0.15) is 0 Å². The first-order chi connectivity index (χ1) is 10.0. The molecule has 1 aliphatic rings. The molecule has 0 saturated carbocycles. The van der Waals surface area contributed by atoms with Gasteiger partial charge in [0.25, 0.3) is 0 Å². The Morgan fingerprint density at radius 2 is 1.95 bits per heavy atom. The van der Waals surface area contributed by atoms with Gasteiger partial charge in [-0.3, -0.25) is 9.59 Å². The fourth-order valence-corrected chi connectivity index (χ4v) is 2.92. The number of nitrogens with one attached hydrogen (secondary N) is 1. The molecule has 1 heterocycles. The van der Waals surface area contributed by atoms with Crippen LogP contribution in [0.25, 0.3) is 0 Å². The average Bonchev–Trinajstić information content (AvgIpc) is 2.48. The van der Waals surface area contributed by atoms with Gasteiger partial charge in [0, 0.05) is 27.7 Å². The highest BCUT2D eigenvalue weighted by Gasteiger charge is 2.18. The van der Waals surface area contributed by atoms with Crippen molar-refractivity contribution in [2.75, 3.05) is 5.32 Å². The summed E-state index contributed by atoms with van der Waals surface area (Å²) in [6.45, 7) is 0. The average molecular weight is 365 g/mol. The molecule has 3 rings (SSSR count). The lowest BCUT2D eigenvalue weighted by Gasteiger charge is -2.17. The van der Waals surface area contributed by atoms with Gasteiger partial charge in [0.2, 0.25) is 5.91 Å². The molecule has 1 aliphatic heterocycles. The van der Waals surface area contributed by atoms with Gasteiger partial charge in [-0.25, -0.2) is 0 Å². The number of hydrogen-bond donors (Lipinski definition) is 1. The molecule has 2 aromatic carbocycles. The highest BCUT2D eigenvalue weighted by atomic mass is 79.9. The molecule has 0 atom stereocenters. The first kappa shape index (κ1) is 14.3. The molecule has 0 bridgehead atoms. The summed E-state index contributed by atoms with van der Waals surface area (Å²) in [7, 11) is 0. The quantitative estimate of drug-likeness (QED) is 0.811. The summed E-state index contributed by atoms with van der Waals surface area (Å²) in [4.78, 5) is 23.9. The third kappa shape index (κ3) is 2.87. The highest BCUT2D eigenvalue weighted by molar-refractivity contribution is 9.10. The van der Waals surface area contributed by atoms with E-state index in [1.807, 2.05) is 6.07 Å². The van der Waals surface area contributed by atoms with E-state index in [0.717, 1.165) is 15.7 Å². The van der Waals surface area contributed by atoms with E-state index in [9.17, 15) is 9.59 Å². The summed E-state index contributed by atoms with van der Waals surface area (Å²) < 4.78 is 0.806. The molecule has 21 heavy (non-hydrogen) atoms. The Labute approximate surface area is 135 Å². The molecule has 0 aromatic heterocycles. The lowest BCUT2D eigenvalue weighted by atomic mass is 9.96. The fourth-order valence-electron chi connectivity index (χ4n) is 2.35. The number of carbonyl (C=O) groups excluding carboxylic acids is 2. The number of hydrogen-bond acceptors (Lipinski definition) is 2. The van der Waals surface area contributed by atoms with Crippen LogP contribution in [-0.4, -0.2) is 11.7 Å². The minimum absolute atomic E-state index is 0.0108. The molecule has 0 spiro atoms. The summed E-state index contributed by atoms with van der Waals surface area (Å²) in [5.74, 6) is -0.113. The number of anilines is 1. The lowest BCUT2D eigenvalue weighted by Crippen LogP contribution is -2.19. The third-order valence-electron chi connectivity index (χ3n) is 3.44. The molecule has 1 N–H and O–H groups in total. The van der Waals surface area contributed by atoms with E-state index in [1.54, 1.807) is 30.3 Å². The van der Waals surface area contributed by atoms with Crippen molar-refractivity contribution in [2.45, 2.75) is 12.8 Å². The van der Waals surface area contributed by atoms with Crippen LogP contribution in [0, 0.1) is 0 Å². The Kier molecular flexibility index (Phi) is 3.83. The number of aryl methyl sites for hydroxylation is 1. The molecule has 0 aliphatic carbocycles. The van der Waals surface area contributed by atoms with Crippen molar-refractivity contribution < 1.29 is 9.59 Å². The molecule has 0 radical (unpaired) electrons. The van der Waals surface area contributed by atoms with Crippen molar-refractivity contribution in [3.05, 3.63) is 62.6 Å². The largest absolute Gasteiger partial charge is 0.326 e. The van der Waals surface area contributed by atoms with Gasteiger partial charge in [-0.15, -0.1) is 0 Å². The maximum Gasteiger partial charge on any atom is 0.224 e. The van der Waals surface area contributed by atoms with Gasteiger partial charge in [0.15, 0.2) is 5.78 Å². The van der Waals surface area contributed by atoms with Crippen LogP contribution < -0.4 is 5.32 Å². The molecule has 0 fully saturated rings. The summed E-state index contributed by atoms with van der Waals surface area (Å²) in [6, 6.07) is 10.5. The maximum absolute atomic E-state index is 12.6. The first-order valence-corrected chi connectivity index (χ1v) is 7.64. The summed E-state index contributed by atoms with van der Waals surface area (Å²) in [5, 5.41) is 3.23. The lowest BCUT2D eigenvalue weighted by molar-refractivity contribution is -0.116. The number of fused-ring (bicyclic) bond motifs is 1. The van der Waals surface area contributed by atoms with Crippen molar-refractivity contribution >= 4 is 44.9 Å². The number of benzene rings is 2. The fraction of sp³-hybridized carbons (Fsp3) is 0.125. The minimum Gasteiger partial charge on any atom is -0.326 e. The minimum atomic E-state index is -0.124. The van der Waals surface area contributed by atoms with E-state index in [1.165, 1.54) is 0 Å². The van der Waals surface area contributed by atoms with Crippen molar-refractivity contribution in [3.8, 4) is 0 Å². The molecular formula is C16H11BrClNO2. The van der Waals surface area contributed by atoms with Crippen LogP contribution in [0.2, 0.25) is 5.02 Å². The van der Waals surface area contributed by atoms with Crippen LogP contribution >= 0.6 is 27.5 Å². The van der Waals surface area contributed by atoms with E-state index >= 15 is 0 Å². The Morgan fingerprint density at radius 1 is 1.14 bits per heavy atom. The van der Waals surface area contributed by atoms with Gasteiger partial charge in [0.05, 0.1) is 5.02 Å². The van der Waals surface area contributed by atoms with Crippen LogP contribution in [0.5, 0.6) is 0 Å². The predicted molar refractivity (Wildman–Crippen MR) is 86.0 cm³/mol. The van der Waals surface area contributed by atoms with Crippen LogP contribution in [0.4, 0.5) is 5.69 Å². The van der Waals surface area contributed by atoms with Gasteiger partial charge >= 0.3 is 0 Å². The number of ketones is 1. The number of carbonyl (C=O) groups is 2. The van der Waals surface area contributed by atoms with E-state index in [0.29, 0.717) is 29.0 Å². The second kappa shape index (κ2) is 5.62. The molecule has 106 valence electrons. The third-order valence-corrected chi connectivity index (χ3v) is 4.26. The molecule has 0 saturated heterocycles. The van der Waals surface area contributed by atoms with Crippen molar-refractivity contribution in [1.29, 1.82) is 0 Å². The van der Waals surface area contributed by atoms with E-state index in [4.69, 9.17) is 11.6 Å². The highest BCUT2D eigenvalue weighted by Crippen LogP contribution is 2.27. The molecule has 0 unspecified atom stereocenters.